The SMILES string of the molecule is CC.CCc1cnc2ccccc2n1.CN(C(=O)Nc1ccccc1C=O)C1CCCNC1.CO. The molecule has 1 fully saturated rings. The van der Waals surface area contributed by atoms with Gasteiger partial charge in [0.05, 0.1) is 22.4 Å². The molecule has 2 amide bonds. The third-order valence-corrected chi connectivity index (χ3v) is 5.33. The lowest BCUT2D eigenvalue weighted by molar-refractivity contribution is 0.112. The molecule has 0 spiro atoms. The highest BCUT2D eigenvalue weighted by atomic mass is 16.2. The van der Waals surface area contributed by atoms with Crippen LogP contribution < -0.4 is 10.6 Å². The maximum atomic E-state index is 12.2. The Kier molecular flexibility index (Phi) is 14.5. The fourth-order valence-electron chi connectivity index (χ4n) is 3.41. The van der Waals surface area contributed by atoms with Gasteiger partial charge in [0.1, 0.15) is 0 Å². The number of aliphatic hydroxyl groups is 1. The van der Waals surface area contributed by atoms with Gasteiger partial charge in [0.25, 0.3) is 0 Å². The van der Waals surface area contributed by atoms with Gasteiger partial charge in [-0.15, -0.1) is 0 Å². The maximum absolute atomic E-state index is 12.2. The van der Waals surface area contributed by atoms with Gasteiger partial charge in [0, 0.05) is 38.5 Å². The number of carbonyl (C=O) groups is 2. The second kappa shape index (κ2) is 17.1. The van der Waals surface area contributed by atoms with Crippen LogP contribution in [0.3, 0.4) is 0 Å². The number of piperidine rings is 1. The number of aliphatic hydroxyl groups excluding tert-OH is 1. The van der Waals surface area contributed by atoms with Crippen LogP contribution in [0.1, 0.15) is 49.7 Å². The van der Waals surface area contributed by atoms with Gasteiger partial charge in [0.2, 0.25) is 0 Å². The van der Waals surface area contributed by atoms with Gasteiger partial charge in [-0.2, -0.15) is 0 Å². The number of aldehydes is 1. The number of fused-ring (bicyclic) bond motifs is 1. The lowest BCUT2D eigenvalue weighted by Crippen LogP contribution is -2.48. The van der Waals surface area contributed by atoms with Gasteiger partial charge >= 0.3 is 6.03 Å². The number of hydrogen-bond acceptors (Lipinski definition) is 6. The molecule has 190 valence electrons. The first-order valence-electron chi connectivity index (χ1n) is 12.1. The van der Waals surface area contributed by atoms with Gasteiger partial charge in [-0.05, 0) is 50.1 Å². The van der Waals surface area contributed by atoms with Gasteiger partial charge in [-0.3, -0.25) is 9.78 Å². The summed E-state index contributed by atoms with van der Waals surface area (Å²) in [4.78, 5) is 33.5. The first-order chi connectivity index (χ1) is 17.1. The molecule has 1 aliphatic rings. The molecule has 0 saturated carbocycles. The van der Waals surface area contributed by atoms with Crippen molar-refractivity contribution in [3.05, 3.63) is 66.0 Å². The highest BCUT2D eigenvalue weighted by Crippen LogP contribution is 2.15. The van der Waals surface area contributed by atoms with Gasteiger partial charge < -0.3 is 20.6 Å². The molecule has 1 unspecified atom stereocenters. The van der Waals surface area contributed by atoms with E-state index in [1.165, 1.54) is 0 Å². The predicted molar refractivity (Wildman–Crippen MR) is 143 cm³/mol. The van der Waals surface area contributed by atoms with Crippen molar-refractivity contribution in [3.63, 3.8) is 0 Å². The number of hydrogen-bond donors (Lipinski definition) is 3. The summed E-state index contributed by atoms with van der Waals surface area (Å²) in [6.07, 6.45) is 5.61. The zero-order valence-electron chi connectivity index (χ0n) is 21.5. The summed E-state index contributed by atoms with van der Waals surface area (Å²) in [7, 11) is 2.79. The molecule has 0 aliphatic carbocycles. The quantitative estimate of drug-likeness (QED) is 0.472. The molecular formula is C27H39N5O3. The number of urea groups is 1. The van der Waals surface area contributed by atoms with Gasteiger partial charge in [-0.1, -0.05) is 45.0 Å². The molecule has 4 rings (SSSR count). The highest BCUT2D eigenvalue weighted by Gasteiger charge is 2.22. The minimum Gasteiger partial charge on any atom is -0.400 e. The standard InChI is InChI=1S/C14H19N3O2.C10H10N2.C2H6.CH4O/c1-17(12-6-4-8-15-9-12)14(19)16-13-7-3-2-5-11(13)10-18;1-2-8-7-11-9-5-3-4-6-10(9)12-8;2*1-2/h2-3,5,7,10,12,15H,4,6,8-9H2,1H3,(H,16,19);3-7H,2H2,1H3;1-2H3;2H,1H3. The molecule has 8 heteroatoms. The summed E-state index contributed by atoms with van der Waals surface area (Å²) >= 11 is 0. The zero-order chi connectivity index (χ0) is 26.1. The van der Waals surface area contributed by atoms with E-state index in [1.807, 2.05) is 44.3 Å². The Balaban J connectivity index is 0.000000328. The largest absolute Gasteiger partial charge is 0.400 e. The molecule has 2 aromatic carbocycles. The number of para-hydroxylation sites is 3. The van der Waals surface area contributed by atoms with Crippen LogP contribution in [-0.4, -0.2) is 65.6 Å². The number of likely N-dealkylation sites (N-methyl/N-ethyl adjacent to an activating group) is 1. The Morgan fingerprint density at radius 3 is 2.43 bits per heavy atom. The number of aromatic nitrogens is 2. The Hall–Kier alpha value is -3.36. The summed E-state index contributed by atoms with van der Waals surface area (Å²) in [5, 5.41) is 13.1. The van der Waals surface area contributed by atoms with Gasteiger partial charge in [0.15, 0.2) is 6.29 Å². The van der Waals surface area contributed by atoms with Crippen molar-refractivity contribution in [2.24, 2.45) is 0 Å². The van der Waals surface area contributed by atoms with E-state index in [1.54, 1.807) is 36.2 Å². The third kappa shape index (κ3) is 9.42. The molecule has 1 aliphatic heterocycles. The highest BCUT2D eigenvalue weighted by molar-refractivity contribution is 5.95. The minimum absolute atomic E-state index is 0.178. The topological polar surface area (TPSA) is 107 Å². The number of aryl methyl sites for hydroxylation is 1. The fourth-order valence-corrected chi connectivity index (χ4v) is 3.41. The van der Waals surface area contributed by atoms with E-state index in [4.69, 9.17) is 5.11 Å². The first-order valence-corrected chi connectivity index (χ1v) is 12.1. The van der Waals surface area contributed by atoms with Crippen LogP contribution in [0.25, 0.3) is 11.0 Å². The Labute approximate surface area is 208 Å². The Morgan fingerprint density at radius 2 is 1.80 bits per heavy atom. The zero-order valence-corrected chi connectivity index (χ0v) is 21.5. The predicted octanol–water partition coefficient (Wildman–Crippen LogP) is 4.54. The molecule has 0 radical (unpaired) electrons. The summed E-state index contributed by atoms with van der Waals surface area (Å²) < 4.78 is 0. The summed E-state index contributed by atoms with van der Waals surface area (Å²) in [6, 6.07) is 14.9. The molecule has 1 saturated heterocycles. The smallest absolute Gasteiger partial charge is 0.321 e. The van der Waals surface area contributed by atoms with Crippen LogP contribution in [-0.2, 0) is 6.42 Å². The number of rotatable bonds is 4. The van der Waals surface area contributed by atoms with Crippen LogP contribution in [0.4, 0.5) is 10.5 Å². The van der Waals surface area contributed by atoms with Crippen molar-refractivity contribution < 1.29 is 14.7 Å². The average Bonchev–Trinajstić information content (AvgIpc) is 2.95. The fraction of sp³-hybridized carbons (Fsp3) is 0.407. The van der Waals surface area contributed by atoms with Crippen molar-refractivity contribution in [3.8, 4) is 0 Å². The number of nitrogens with zero attached hydrogens (tertiary/aromatic N) is 3. The second-order valence-corrected chi connectivity index (χ2v) is 7.45. The maximum Gasteiger partial charge on any atom is 0.321 e. The van der Waals surface area contributed by atoms with E-state index in [0.29, 0.717) is 11.3 Å². The molecule has 2 heterocycles. The molecule has 3 aromatic rings. The molecule has 3 N–H and O–H groups in total. The van der Waals surface area contributed by atoms with Crippen molar-refractivity contribution >= 4 is 29.0 Å². The lowest BCUT2D eigenvalue weighted by Gasteiger charge is -2.31. The first kappa shape index (κ1) is 29.7. The van der Waals surface area contributed by atoms with E-state index in [2.05, 4.69) is 27.5 Å². The molecule has 8 nitrogen and oxygen atoms in total. The van der Waals surface area contributed by atoms with Crippen LogP contribution in [0.5, 0.6) is 0 Å². The summed E-state index contributed by atoms with van der Waals surface area (Å²) in [6.45, 7) is 7.91. The number of anilines is 1. The van der Waals surface area contributed by atoms with Crippen LogP contribution in [0.2, 0.25) is 0 Å². The van der Waals surface area contributed by atoms with Gasteiger partial charge in [-0.25, -0.2) is 9.78 Å². The monoisotopic (exact) mass is 481 g/mol. The van der Waals surface area contributed by atoms with E-state index >= 15 is 0 Å². The number of benzene rings is 2. The van der Waals surface area contributed by atoms with Crippen LogP contribution in [0.15, 0.2) is 54.7 Å². The van der Waals surface area contributed by atoms with Crippen LogP contribution >= 0.6 is 0 Å². The second-order valence-electron chi connectivity index (χ2n) is 7.45. The van der Waals surface area contributed by atoms with Crippen LogP contribution in [0, 0.1) is 0 Å². The molecular weight excluding hydrogens is 442 g/mol. The van der Waals surface area contributed by atoms with Crippen molar-refractivity contribution in [2.45, 2.75) is 46.1 Å². The van der Waals surface area contributed by atoms with Crippen molar-refractivity contribution in [1.82, 2.24) is 20.2 Å². The number of carbonyl (C=O) groups excluding carboxylic acids is 2. The Bertz CT molecular complexity index is 1020. The lowest BCUT2D eigenvalue weighted by atomic mass is 10.1. The summed E-state index contributed by atoms with van der Waals surface area (Å²) in [5.74, 6) is 0. The van der Waals surface area contributed by atoms with Crippen molar-refractivity contribution in [2.75, 3.05) is 32.6 Å². The third-order valence-electron chi connectivity index (χ3n) is 5.33. The van der Waals surface area contributed by atoms with E-state index in [9.17, 15) is 9.59 Å². The van der Waals surface area contributed by atoms with E-state index in [0.717, 1.165) is 62.5 Å². The molecule has 0 bridgehead atoms. The van der Waals surface area contributed by atoms with Crippen molar-refractivity contribution in [1.29, 1.82) is 0 Å². The average molecular weight is 482 g/mol. The number of nitrogens with one attached hydrogen (secondary N) is 2. The van der Waals surface area contributed by atoms with E-state index < -0.39 is 0 Å². The number of amides is 2. The molecule has 1 atom stereocenters. The normalized spacial score (nSPS) is 14.1. The van der Waals surface area contributed by atoms with E-state index in [-0.39, 0.29) is 12.1 Å². The Morgan fingerprint density at radius 1 is 1.14 bits per heavy atom. The molecule has 1 aromatic heterocycles. The molecule has 35 heavy (non-hydrogen) atoms. The minimum atomic E-state index is -0.178. The summed E-state index contributed by atoms with van der Waals surface area (Å²) in [5.41, 5.74) is 4.05.